The molecule has 1 amide bonds. The lowest BCUT2D eigenvalue weighted by Crippen LogP contribution is -2.27. The van der Waals surface area contributed by atoms with Crippen LogP contribution in [0.3, 0.4) is 0 Å². The summed E-state index contributed by atoms with van der Waals surface area (Å²) in [4.78, 5) is 13.5. The van der Waals surface area contributed by atoms with Gasteiger partial charge in [-0.1, -0.05) is 0 Å². The van der Waals surface area contributed by atoms with Crippen molar-refractivity contribution >= 4 is 17.7 Å². The van der Waals surface area contributed by atoms with Crippen molar-refractivity contribution in [1.29, 1.82) is 0 Å². The van der Waals surface area contributed by atoms with E-state index in [0.29, 0.717) is 11.3 Å². The highest BCUT2D eigenvalue weighted by Crippen LogP contribution is 2.22. The van der Waals surface area contributed by atoms with Crippen LogP contribution in [0.4, 0.5) is 0 Å². The summed E-state index contributed by atoms with van der Waals surface area (Å²) < 4.78 is 1.96. The lowest BCUT2D eigenvalue weighted by atomic mass is 10.1. The minimum atomic E-state index is -0.0961. The third kappa shape index (κ3) is 4.19. The number of rotatable bonds is 7. The topological polar surface area (TPSA) is 67.2 Å². The van der Waals surface area contributed by atoms with E-state index in [-0.39, 0.29) is 18.6 Å². The molecule has 6 heteroatoms. The zero-order valence-electron chi connectivity index (χ0n) is 14.7. The molecule has 130 valence electrons. The molecule has 2 rings (SSSR count). The van der Waals surface area contributed by atoms with Crippen LogP contribution in [0, 0.1) is 13.8 Å². The molecule has 0 aliphatic carbocycles. The number of amides is 1. The van der Waals surface area contributed by atoms with E-state index in [9.17, 15) is 4.79 Å². The Morgan fingerprint density at radius 2 is 2.00 bits per heavy atom. The van der Waals surface area contributed by atoms with Gasteiger partial charge in [0, 0.05) is 34.0 Å². The summed E-state index contributed by atoms with van der Waals surface area (Å²) in [6.07, 6.45) is 0. The average molecular weight is 347 g/mol. The fourth-order valence-electron chi connectivity index (χ4n) is 2.86. The van der Waals surface area contributed by atoms with E-state index in [0.717, 1.165) is 28.4 Å². The zero-order valence-corrected chi connectivity index (χ0v) is 15.5. The van der Waals surface area contributed by atoms with Crippen LogP contribution in [0.5, 0.6) is 0 Å². The molecule has 0 bridgehead atoms. The fourth-order valence-corrected chi connectivity index (χ4v) is 3.52. The third-order valence-electron chi connectivity index (χ3n) is 3.99. The van der Waals surface area contributed by atoms with Crippen molar-refractivity contribution in [2.75, 3.05) is 12.4 Å². The summed E-state index contributed by atoms with van der Waals surface area (Å²) in [6, 6.07) is 7.35. The first-order chi connectivity index (χ1) is 11.5. The van der Waals surface area contributed by atoms with Gasteiger partial charge in [-0.3, -0.25) is 9.48 Å². The van der Waals surface area contributed by atoms with E-state index >= 15 is 0 Å². The summed E-state index contributed by atoms with van der Waals surface area (Å²) in [5.41, 5.74) is 3.77. The van der Waals surface area contributed by atoms with E-state index < -0.39 is 0 Å². The van der Waals surface area contributed by atoms with Crippen LogP contribution < -0.4 is 5.32 Å². The first kappa shape index (κ1) is 18.5. The van der Waals surface area contributed by atoms with Crippen molar-refractivity contribution < 1.29 is 9.90 Å². The van der Waals surface area contributed by atoms with Crippen molar-refractivity contribution in [2.24, 2.45) is 0 Å². The molecule has 2 N–H and O–H groups in total. The molecule has 0 spiro atoms. The number of carbonyl (C=O) groups is 1. The Labute approximate surface area is 147 Å². The van der Waals surface area contributed by atoms with Gasteiger partial charge in [0.1, 0.15) is 0 Å². The van der Waals surface area contributed by atoms with Gasteiger partial charge in [-0.05, 0) is 52.0 Å². The van der Waals surface area contributed by atoms with Crippen molar-refractivity contribution in [3.05, 3.63) is 46.8 Å². The highest BCUT2D eigenvalue weighted by atomic mass is 32.2. The second kappa shape index (κ2) is 8.35. The lowest BCUT2D eigenvalue weighted by molar-refractivity contribution is 0.0939. The smallest absolute Gasteiger partial charge is 0.251 e. The van der Waals surface area contributed by atoms with Gasteiger partial charge >= 0.3 is 0 Å². The van der Waals surface area contributed by atoms with Crippen molar-refractivity contribution in [1.82, 2.24) is 15.1 Å². The number of benzene rings is 1. The molecule has 0 radical (unpaired) electrons. The van der Waals surface area contributed by atoms with Crippen LogP contribution in [0.15, 0.2) is 29.2 Å². The minimum absolute atomic E-state index is 0.0933. The molecule has 0 aliphatic heterocycles. The number of hydrogen-bond acceptors (Lipinski definition) is 4. The molecule has 0 aliphatic rings. The maximum absolute atomic E-state index is 12.5. The van der Waals surface area contributed by atoms with Crippen LogP contribution in [0.1, 0.15) is 47.2 Å². The number of aliphatic hydroxyl groups excluding tert-OH is 1. The monoisotopic (exact) mass is 347 g/mol. The molecule has 1 atom stereocenters. The van der Waals surface area contributed by atoms with E-state index in [1.54, 1.807) is 11.8 Å². The average Bonchev–Trinajstić information content (AvgIpc) is 2.87. The normalized spacial score (nSPS) is 12.2. The summed E-state index contributed by atoms with van der Waals surface area (Å²) in [6.45, 7) is 9.02. The van der Waals surface area contributed by atoms with Crippen molar-refractivity contribution in [3.8, 4) is 0 Å². The van der Waals surface area contributed by atoms with Gasteiger partial charge in [0.25, 0.3) is 5.91 Å². The second-order valence-electron chi connectivity index (χ2n) is 5.69. The molecular weight excluding hydrogens is 322 g/mol. The summed E-state index contributed by atoms with van der Waals surface area (Å²) in [7, 11) is 0. The number of aromatic nitrogens is 2. The van der Waals surface area contributed by atoms with Crippen molar-refractivity contribution in [2.45, 2.75) is 45.2 Å². The van der Waals surface area contributed by atoms with Gasteiger partial charge in [-0.2, -0.15) is 5.10 Å². The van der Waals surface area contributed by atoms with E-state index in [4.69, 9.17) is 5.11 Å². The molecule has 0 unspecified atom stereocenters. The Morgan fingerprint density at radius 3 is 2.54 bits per heavy atom. The minimum Gasteiger partial charge on any atom is -0.396 e. The molecule has 24 heavy (non-hydrogen) atoms. The molecule has 5 nitrogen and oxygen atoms in total. The predicted octanol–water partition coefficient (Wildman–Crippen LogP) is 3.10. The number of aryl methyl sites for hydroxylation is 2. The molecule has 1 aromatic heterocycles. The van der Waals surface area contributed by atoms with Gasteiger partial charge in [0.15, 0.2) is 0 Å². The van der Waals surface area contributed by atoms with E-state index in [1.165, 1.54) is 0 Å². The maximum atomic E-state index is 12.5. The molecule has 0 fully saturated rings. The Hall–Kier alpha value is -1.79. The largest absolute Gasteiger partial charge is 0.396 e. The van der Waals surface area contributed by atoms with Crippen LogP contribution >= 0.6 is 11.8 Å². The summed E-state index contributed by atoms with van der Waals surface area (Å²) in [5, 5.41) is 16.4. The first-order valence-corrected chi connectivity index (χ1v) is 9.15. The van der Waals surface area contributed by atoms with Crippen LogP contribution in [0.25, 0.3) is 0 Å². The number of thioether (sulfide) groups is 1. The van der Waals surface area contributed by atoms with Crippen LogP contribution in [0.2, 0.25) is 0 Å². The SMILES string of the molecule is CCn1nc(C)c([C@H](C)NC(=O)c2ccc(SCCO)cc2)c1C. The van der Waals surface area contributed by atoms with Gasteiger partial charge in [0.2, 0.25) is 0 Å². The first-order valence-electron chi connectivity index (χ1n) is 8.16. The quantitative estimate of drug-likeness (QED) is 0.755. The van der Waals surface area contributed by atoms with Crippen LogP contribution in [-0.2, 0) is 6.54 Å². The Morgan fingerprint density at radius 1 is 1.33 bits per heavy atom. The number of aliphatic hydroxyl groups is 1. The third-order valence-corrected chi connectivity index (χ3v) is 4.99. The molecule has 0 saturated heterocycles. The molecule has 0 saturated carbocycles. The van der Waals surface area contributed by atoms with Gasteiger partial charge in [-0.25, -0.2) is 0 Å². The van der Waals surface area contributed by atoms with Gasteiger partial charge in [-0.15, -0.1) is 11.8 Å². The molecular formula is C18H25N3O2S. The fraction of sp³-hybridized carbons (Fsp3) is 0.444. The number of nitrogens with one attached hydrogen (secondary N) is 1. The highest BCUT2D eigenvalue weighted by Gasteiger charge is 2.19. The Balaban J connectivity index is 2.07. The highest BCUT2D eigenvalue weighted by molar-refractivity contribution is 7.99. The number of nitrogens with zero attached hydrogens (tertiary/aromatic N) is 2. The summed E-state index contributed by atoms with van der Waals surface area (Å²) in [5.74, 6) is 0.562. The maximum Gasteiger partial charge on any atom is 0.251 e. The molecule has 2 aromatic rings. The molecule has 1 heterocycles. The standard InChI is InChI=1S/C18H25N3O2S/c1-5-21-14(4)17(13(3)20-21)12(2)19-18(23)15-6-8-16(9-7-15)24-11-10-22/h6-9,12,22H,5,10-11H2,1-4H3,(H,19,23)/t12-/m0/s1. The second-order valence-corrected chi connectivity index (χ2v) is 6.86. The lowest BCUT2D eigenvalue weighted by Gasteiger charge is -2.15. The van der Waals surface area contributed by atoms with E-state index in [2.05, 4.69) is 17.3 Å². The van der Waals surface area contributed by atoms with E-state index in [1.807, 2.05) is 49.7 Å². The van der Waals surface area contributed by atoms with Crippen LogP contribution in [-0.4, -0.2) is 33.2 Å². The zero-order chi connectivity index (χ0) is 17.7. The molecule has 1 aromatic carbocycles. The van der Waals surface area contributed by atoms with Gasteiger partial charge in [0.05, 0.1) is 18.3 Å². The van der Waals surface area contributed by atoms with Gasteiger partial charge < -0.3 is 10.4 Å². The van der Waals surface area contributed by atoms with Crippen molar-refractivity contribution in [3.63, 3.8) is 0 Å². The Kier molecular flexibility index (Phi) is 6.45. The Bertz CT molecular complexity index is 695. The predicted molar refractivity (Wildman–Crippen MR) is 97.5 cm³/mol. The summed E-state index contributed by atoms with van der Waals surface area (Å²) >= 11 is 1.57. The number of carbonyl (C=O) groups excluding carboxylic acids is 1. The number of hydrogen-bond donors (Lipinski definition) is 2.